The number of aryl methyl sites for hydroxylation is 1. The van der Waals surface area contributed by atoms with Gasteiger partial charge in [-0.25, -0.2) is 0 Å². The Labute approximate surface area is 95.7 Å². The van der Waals surface area contributed by atoms with Gasteiger partial charge in [-0.05, 0) is 24.5 Å². The molecular weight excluding hydrogens is 202 g/mol. The predicted molar refractivity (Wildman–Crippen MR) is 61.9 cm³/mol. The van der Waals surface area contributed by atoms with Gasteiger partial charge in [-0.15, -0.1) is 0 Å². The van der Waals surface area contributed by atoms with Gasteiger partial charge in [0.1, 0.15) is 0 Å². The first kappa shape index (κ1) is 11.1. The van der Waals surface area contributed by atoms with E-state index in [0.29, 0.717) is 6.54 Å². The fourth-order valence-electron chi connectivity index (χ4n) is 1.97. The van der Waals surface area contributed by atoms with Crippen LogP contribution in [0, 0.1) is 6.92 Å². The summed E-state index contributed by atoms with van der Waals surface area (Å²) < 4.78 is 0. The monoisotopic (exact) mass is 219 g/mol. The molecule has 2 heterocycles. The van der Waals surface area contributed by atoms with Gasteiger partial charge in [0.15, 0.2) is 0 Å². The molecule has 0 radical (unpaired) electrons. The summed E-state index contributed by atoms with van der Waals surface area (Å²) in [5.74, 6) is 0.195. The summed E-state index contributed by atoms with van der Waals surface area (Å²) in [6.45, 7) is 3.58. The molecule has 2 rings (SSSR count). The van der Waals surface area contributed by atoms with Crippen molar-refractivity contribution in [2.24, 2.45) is 0 Å². The topological polar surface area (TPSA) is 45.2 Å². The summed E-state index contributed by atoms with van der Waals surface area (Å²) >= 11 is 0. The van der Waals surface area contributed by atoms with E-state index in [1.165, 1.54) is 0 Å². The zero-order valence-corrected chi connectivity index (χ0v) is 9.73. The Morgan fingerprint density at radius 1 is 1.56 bits per heavy atom. The maximum absolute atomic E-state index is 11.6. The predicted octanol–water partition coefficient (Wildman–Crippen LogP) is 0.710. The van der Waals surface area contributed by atoms with Gasteiger partial charge in [-0.3, -0.25) is 9.78 Å². The van der Waals surface area contributed by atoms with E-state index in [-0.39, 0.29) is 11.9 Å². The molecule has 0 spiro atoms. The molecule has 1 atom stereocenters. The van der Waals surface area contributed by atoms with Crippen molar-refractivity contribution in [3.05, 3.63) is 29.6 Å². The fourth-order valence-corrected chi connectivity index (χ4v) is 1.97. The van der Waals surface area contributed by atoms with Crippen molar-refractivity contribution >= 4 is 5.91 Å². The van der Waals surface area contributed by atoms with E-state index in [4.69, 9.17) is 0 Å². The first-order chi connectivity index (χ1) is 7.66. The molecule has 1 unspecified atom stereocenters. The molecule has 4 heteroatoms. The van der Waals surface area contributed by atoms with Crippen LogP contribution in [-0.2, 0) is 11.3 Å². The number of carbonyl (C=O) groups is 1. The van der Waals surface area contributed by atoms with E-state index in [1.807, 2.05) is 26.4 Å². The number of nitrogens with zero attached hydrogens (tertiary/aromatic N) is 2. The number of carbonyl (C=O) groups excluding carboxylic acids is 1. The quantitative estimate of drug-likeness (QED) is 0.814. The third kappa shape index (κ3) is 2.39. The summed E-state index contributed by atoms with van der Waals surface area (Å²) in [5, 5.41) is 3.27. The Kier molecular flexibility index (Phi) is 3.19. The molecule has 16 heavy (non-hydrogen) atoms. The molecule has 86 valence electrons. The third-order valence-corrected chi connectivity index (χ3v) is 2.91. The van der Waals surface area contributed by atoms with Gasteiger partial charge < -0.3 is 10.2 Å². The van der Waals surface area contributed by atoms with Crippen LogP contribution in [0.4, 0.5) is 0 Å². The number of hydrogen-bond donors (Lipinski definition) is 1. The van der Waals surface area contributed by atoms with Crippen LogP contribution < -0.4 is 5.32 Å². The van der Waals surface area contributed by atoms with Crippen LogP contribution in [0.15, 0.2) is 18.5 Å². The number of aromatic nitrogens is 1. The molecule has 4 nitrogen and oxygen atoms in total. The normalized spacial score (nSPS) is 20.5. The van der Waals surface area contributed by atoms with Crippen LogP contribution in [0.3, 0.4) is 0 Å². The van der Waals surface area contributed by atoms with E-state index in [2.05, 4.69) is 16.4 Å². The highest BCUT2D eigenvalue weighted by Gasteiger charge is 2.28. The van der Waals surface area contributed by atoms with E-state index < -0.39 is 0 Å². The second-order valence-corrected chi connectivity index (χ2v) is 4.35. The van der Waals surface area contributed by atoms with E-state index in [0.717, 1.165) is 24.1 Å². The summed E-state index contributed by atoms with van der Waals surface area (Å²) in [5.41, 5.74) is 2.27. The van der Waals surface area contributed by atoms with Crippen LogP contribution in [0.5, 0.6) is 0 Å². The first-order valence-electron chi connectivity index (χ1n) is 5.55. The SMILES string of the molecule is Cc1cncc(CNC2CCN(C)C2=O)c1. The van der Waals surface area contributed by atoms with Crippen LogP contribution in [0.1, 0.15) is 17.5 Å². The average molecular weight is 219 g/mol. The Morgan fingerprint density at radius 2 is 2.38 bits per heavy atom. The number of rotatable bonds is 3. The number of pyridine rings is 1. The largest absolute Gasteiger partial charge is 0.344 e. The Morgan fingerprint density at radius 3 is 3.00 bits per heavy atom. The first-order valence-corrected chi connectivity index (χ1v) is 5.55. The molecule has 1 fully saturated rings. The van der Waals surface area contributed by atoms with Gasteiger partial charge >= 0.3 is 0 Å². The number of nitrogens with one attached hydrogen (secondary N) is 1. The van der Waals surface area contributed by atoms with Gasteiger partial charge in [-0.1, -0.05) is 6.07 Å². The Balaban J connectivity index is 1.90. The maximum Gasteiger partial charge on any atom is 0.239 e. The molecule has 1 aliphatic heterocycles. The van der Waals surface area contributed by atoms with Crippen molar-refractivity contribution in [3.63, 3.8) is 0 Å². The van der Waals surface area contributed by atoms with Gasteiger partial charge in [0.25, 0.3) is 0 Å². The molecule has 1 aromatic rings. The Hall–Kier alpha value is -1.42. The summed E-state index contributed by atoms with van der Waals surface area (Å²) in [4.78, 5) is 17.5. The molecule has 0 aromatic carbocycles. The summed E-state index contributed by atoms with van der Waals surface area (Å²) in [6, 6.07) is 2.06. The van der Waals surface area contributed by atoms with Crippen LogP contribution in [0.2, 0.25) is 0 Å². The molecule has 1 N–H and O–H groups in total. The van der Waals surface area contributed by atoms with Gasteiger partial charge in [0, 0.05) is 32.5 Å². The van der Waals surface area contributed by atoms with Crippen molar-refractivity contribution < 1.29 is 4.79 Å². The molecule has 1 amide bonds. The lowest BCUT2D eigenvalue weighted by atomic mass is 10.2. The molecular formula is C12H17N3O. The molecule has 1 aliphatic rings. The minimum absolute atomic E-state index is 0.0227. The lowest BCUT2D eigenvalue weighted by Gasteiger charge is -2.12. The standard InChI is InChI=1S/C12H17N3O/c1-9-5-10(7-13-6-9)8-14-11-3-4-15(2)12(11)16/h5-7,11,14H,3-4,8H2,1-2H3. The lowest BCUT2D eigenvalue weighted by molar-refractivity contribution is -0.128. The number of hydrogen-bond acceptors (Lipinski definition) is 3. The van der Waals surface area contributed by atoms with Gasteiger partial charge in [0.2, 0.25) is 5.91 Å². The average Bonchev–Trinajstić information content (AvgIpc) is 2.57. The van der Waals surface area contributed by atoms with Crippen molar-refractivity contribution in [2.45, 2.75) is 25.9 Å². The van der Waals surface area contributed by atoms with Crippen LogP contribution in [0.25, 0.3) is 0 Å². The van der Waals surface area contributed by atoms with Crippen molar-refractivity contribution in [2.75, 3.05) is 13.6 Å². The van der Waals surface area contributed by atoms with E-state index >= 15 is 0 Å². The summed E-state index contributed by atoms with van der Waals surface area (Å²) in [6.07, 6.45) is 4.57. The van der Waals surface area contributed by atoms with Crippen molar-refractivity contribution in [1.82, 2.24) is 15.2 Å². The zero-order valence-electron chi connectivity index (χ0n) is 9.73. The second kappa shape index (κ2) is 4.61. The van der Waals surface area contributed by atoms with Crippen molar-refractivity contribution in [3.8, 4) is 0 Å². The molecule has 1 saturated heterocycles. The van der Waals surface area contributed by atoms with Crippen LogP contribution >= 0.6 is 0 Å². The second-order valence-electron chi connectivity index (χ2n) is 4.35. The van der Waals surface area contributed by atoms with Gasteiger partial charge in [-0.2, -0.15) is 0 Å². The number of likely N-dealkylation sites (tertiary alicyclic amines) is 1. The lowest BCUT2D eigenvalue weighted by Crippen LogP contribution is -2.36. The smallest absolute Gasteiger partial charge is 0.239 e. The van der Waals surface area contributed by atoms with Crippen LogP contribution in [-0.4, -0.2) is 35.4 Å². The number of amides is 1. The highest BCUT2D eigenvalue weighted by atomic mass is 16.2. The number of likely N-dealkylation sites (N-methyl/N-ethyl adjacent to an activating group) is 1. The van der Waals surface area contributed by atoms with Crippen molar-refractivity contribution in [1.29, 1.82) is 0 Å². The maximum atomic E-state index is 11.6. The summed E-state index contributed by atoms with van der Waals surface area (Å²) in [7, 11) is 1.85. The Bertz CT molecular complexity index is 392. The minimum Gasteiger partial charge on any atom is -0.344 e. The molecule has 1 aromatic heterocycles. The third-order valence-electron chi connectivity index (χ3n) is 2.91. The van der Waals surface area contributed by atoms with Gasteiger partial charge in [0.05, 0.1) is 6.04 Å². The van der Waals surface area contributed by atoms with E-state index in [9.17, 15) is 4.79 Å². The zero-order chi connectivity index (χ0) is 11.5. The fraction of sp³-hybridized carbons (Fsp3) is 0.500. The molecule has 0 bridgehead atoms. The molecule has 0 saturated carbocycles. The van der Waals surface area contributed by atoms with E-state index in [1.54, 1.807) is 4.90 Å². The molecule has 0 aliphatic carbocycles. The highest BCUT2D eigenvalue weighted by Crippen LogP contribution is 2.09. The minimum atomic E-state index is -0.0227. The highest BCUT2D eigenvalue weighted by molar-refractivity contribution is 5.83.